The molecule has 0 fully saturated rings. The second kappa shape index (κ2) is 6.56. The molecule has 0 saturated heterocycles. The average Bonchev–Trinajstić information content (AvgIpc) is 2.47. The standard InChI is InChI=1S/C14H17FN4S/c1-9(10-6-4-5-7-11(10)15)17-13-8-12(16-2)18-14(19-13)20-3/h4-9H,1-3H3,(H2,16,17,18,19). The fraction of sp³-hybridized carbons (Fsp3) is 0.286. The Balaban J connectivity index is 2.23. The van der Waals surface area contributed by atoms with Crippen LogP contribution in [0, 0.1) is 5.82 Å². The minimum atomic E-state index is -0.222. The summed E-state index contributed by atoms with van der Waals surface area (Å²) in [6.45, 7) is 1.90. The zero-order valence-corrected chi connectivity index (χ0v) is 12.5. The molecule has 2 aromatic rings. The molecule has 2 rings (SSSR count). The van der Waals surface area contributed by atoms with Crippen LogP contribution in [0.3, 0.4) is 0 Å². The highest BCUT2D eigenvalue weighted by molar-refractivity contribution is 7.98. The molecule has 106 valence electrons. The number of hydrogen-bond acceptors (Lipinski definition) is 5. The van der Waals surface area contributed by atoms with Crippen LogP contribution in [0.1, 0.15) is 18.5 Å². The van der Waals surface area contributed by atoms with Crippen molar-refractivity contribution in [2.75, 3.05) is 23.9 Å². The van der Waals surface area contributed by atoms with Gasteiger partial charge >= 0.3 is 0 Å². The normalized spacial score (nSPS) is 12.0. The van der Waals surface area contributed by atoms with Gasteiger partial charge in [-0.2, -0.15) is 0 Å². The lowest BCUT2D eigenvalue weighted by Gasteiger charge is -2.16. The monoisotopic (exact) mass is 292 g/mol. The van der Waals surface area contributed by atoms with E-state index < -0.39 is 0 Å². The van der Waals surface area contributed by atoms with Crippen molar-refractivity contribution < 1.29 is 4.39 Å². The third-order valence-corrected chi connectivity index (χ3v) is 3.43. The molecule has 0 radical (unpaired) electrons. The minimum absolute atomic E-state index is 0.175. The molecule has 4 nitrogen and oxygen atoms in total. The Hall–Kier alpha value is -1.82. The molecule has 20 heavy (non-hydrogen) atoms. The van der Waals surface area contributed by atoms with Crippen molar-refractivity contribution in [1.29, 1.82) is 0 Å². The van der Waals surface area contributed by atoms with Gasteiger partial charge in [0.2, 0.25) is 0 Å². The number of rotatable bonds is 5. The van der Waals surface area contributed by atoms with Gasteiger partial charge in [0.05, 0.1) is 6.04 Å². The lowest BCUT2D eigenvalue weighted by molar-refractivity contribution is 0.600. The summed E-state index contributed by atoms with van der Waals surface area (Å²) in [5.41, 5.74) is 0.614. The van der Waals surface area contributed by atoms with Crippen LogP contribution in [-0.2, 0) is 0 Å². The van der Waals surface area contributed by atoms with E-state index >= 15 is 0 Å². The van der Waals surface area contributed by atoms with E-state index in [0.717, 1.165) is 5.82 Å². The summed E-state index contributed by atoms with van der Waals surface area (Å²) >= 11 is 1.46. The fourth-order valence-electron chi connectivity index (χ4n) is 1.84. The van der Waals surface area contributed by atoms with Crippen molar-refractivity contribution in [3.63, 3.8) is 0 Å². The highest BCUT2D eigenvalue weighted by Gasteiger charge is 2.12. The largest absolute Gasteiger partial charge is 0.373 e. The summed E-state index contributed by atoms with van der Waals surface area (Å²) in [5.74, 6) is 1.18. The number of aromatic nitrogens is 2. The van der Waals surface area contributed by atoms with Crippen LogP contribution in [0.15, 0.2) is 35.5 Å². The number of anilines is 2. The Morgan fingerprint density at radius 1 is 1.20 bits per heavy atom. The second-order valence-electron chi connectivity index (χ2n) is 4.26. The summed E-state index contributed by atoms with van der Waals surface area (Å²) in [7, 11) is 1.80. The average molecular weight is 292 g/mol. The molecule has 6 heteroatoms. The lowest BCUT2D eigenvalue weighted by atomic mass is 10.1. The fourth-order valence-corrected chi connectivity index (χ4v) is 2.22. The highest BCUT2D eigenvalue weighted by Crippen LogP contribution is 2.23. The zero-order valence-electron chi connectivity index (χ0n) is 11.6. The Kier molecular flexibility index (Phi) is 4.79. The van der Waals surface area contributed by atoms with Crippen molar-refractivity contribution in [3.8, 4) is 0 Å². The van der Waals surface area contributed by atoms with E-state index in [1.165, 1.54) is 17.8 Å². The first-order valence-electron chi connectivity index (χ1n) is 6.26. The van der Waals surface area contributed by atoms with E-state index in [0.29, 0.717) is 16.5 Å². The van der Waals surface area contributed by atoms with Gasteiger partial charge in [0.25, 0.3) is 0 Å². The lowest BCUT2D eigenvalue weighted by Crippen LogP contribution is -2.11. The number of thioether (sulfide) groups is 1. The van der Waals surface area contributed by atoms with Gasteiger partial charge < -0.3 is 10.6 Å². The first kappa shape index (κ1) is 14.6. The number of nitrogens with one attached hydrogen (secondary N) is 2. The molecular formula is C14H17FN4S. The first-order chi connectivity index (χ1) is 9.63. The maximum Gasteiger partial charge on any atom is 0.191 e. The summed E-state index contributed by atoms with van der Waals surface area (Å²) in [4.78, 5) is 8.67. The second-order valence-corrected chi connectivity index (χ2v) is 5.04. The molecule has 0 bridgehead atoms. The third-order valence-electron chi connectivity index (χ3n) is 2.88. The predicted molar refractivity (Wildman–Crippen MR) is 81.8 cm³/mol. The molecule has 0 spiro atoms. The van der Waals surface area contributed by atoms with Gasteiger partial charge in [-0.05, 0) is 19.2 Å². The molecule has 0 aliphatic rings. The van der Waals surface area contributed by atoms with Crippen LogP contribution in [0.4, 0.5) is 16.0 Å². The van der Waals surface area contributed by atoms with Crippen molar-refractivity contribution in [2.24, 2.45) is 0 Å². The molecule has 0 aliphatic carbocycles. The maximum absolute atomic E-state index is 13.7. The summed E-state index contributed by atoms with van der Waals surface area (Å²) in [6, 6.07) is 8.36. The highest BCUT2D eigenvalue weighted by atomic mass is 32.2. The number of nitrogens with zero attached hydrogens (tertiary/aromatic N) is 2. The Bertz CT molecular complexity index is 569. The zero-order chi connectivity index (χ0) is 14.5. The van der Waals surface area contributed by atoms with E-state index in [1.54, 1.807) is 25.2 Å². The molecular weight excluding hydrogens is 275 g/mol. The molecule has 0 saturated carbocycles. The minimum Gasteiger partial charge on any atom is -0.373 e. The van der Waals surface area contributed by atoms with Crippen LogP contribution >= 0.6 is 11.8 Å². The van der Waals surface area contributed by atoms with E-state index in [4.69, 9.17) is 0 Å². The molecule has 0 aliphatic heterocycles. The van der Waals surface area contributed by atoms with Gasteiger partial charge in [0.1, 0.15) is 17.5 Å². The van der Waals surface area contributed by atoms with E-state index in [9.17, 15) is 4.39 Å². The number of halogens is 1. The van der Waals surface area contributed by atoms with Gasteiger partial charge in [-0.25, -0.2) is 14.4 Å². The SMILES string of the molecule is CNc1cc(NC(C)c2ccccc2F)nc(SC)n1. The van der Waals surface area contributed by atoms with E-state index in [2.05, 4.69) is 20.6 Å². The predicted octanol–water partition coefficient (Wildman–Crippen LogP) is 3.55. The van der Waals surface area contributed by atoms with Crippen LogP contribution in [0.2, 0.25) is 0 Å². The van der Waals surface area contributed by atoms with Crippen molar-refractivity contribution in [2.45, 2.75) is 18.1 Å². The van der Waals surface area contributed by atoms with Crippen molar-refractivity contribution in [1.82, 2.24) is 9.97 Å². The number of benzene rings is 1. The van der Waals surface area contributed by atoms with Gasteiger partial charge in [-0.15, -0.1) is 0 Å². The van der Waals surface area contributed by atoms with Crippen LogP contribution in [0.25, 0.3) is 0 Å². The van der Waals surface area contributed by atoms with Gasteiger partial charge in [0, 0.05) is 18.7 Å². The molecule has 1 unspecified atom stereocenters. The number of hydrogen-bond donors (Lipinski definition) is 2. The van der Waals surface area contributed by atoms with Gasteiger partial charge in [-0.1, -0.05) is 30.0 Å². The third kappa shape index (κ3) is 3.39. The molecule has 0 amide bonds. The summed E-state index contributed by atoms with van der Waals surface area (Å²) in [5, 5.41) is 6.86. The smallest absolute Gasteiger partial charge is 0.191 e. The molecule has 1 aromatic heterocycles. The molecule has 1 atom stereocenters. The first-order valence-corrected chi connectivity index (χ1v) is 7.48. The topological polar surface area (TPSA) is 49.8 Å². The Morgan fingerprint density at radius 3 is 2.55 bits per heavy atom. The van der Waals surface area contributed by atoms with Crippen LogP contribution in [-0.4, -0.2) is 23.3 Å². The van der Waals surface area contributed by atoms with Crippen molar-refractivity contribution in [3.05, 3.63) is 41.7 Å². The van der Waals surface area contributed by atoms with Gasteiger partial charge in [-0.3, -0.25) is 0 Å². The summed E-state index contributed by atoms with van der Waals surface area (Å²) in [6.07, 6.45) is 1.92. The molecule has 1 heterocycles. The Morgan fingerprint density at radius 2 is 1.90 bits per heavy atom. The quantitative estimate of drug-likeness (QED) is 0.652. The van der Waals surface area contributed by atoms with Crippen LogP contribution < -0.4 is 10.6 Å². The molecule has 2 N–H and O–H groups in total. The van der Waals surface area contributed by atoms with Gasteiger partial charge in [0.15, 0.2) is 5.16 Å². The van der Waals surface area contributed by atoms with E-state index in [1.807, 2.05) is 19.2 Å². The van der Waals surface area contributed by atoms with Crippen molar-refractivity contribution >= 4 is 23.4 Å². The Labute approximate surface area is 122 Å². The van der Waals surface area contributed by atoms with E-state index in [-0.39, 0.29) is 11.9 Å². The van der Waals surface area contributed by atoms with Crippen LogP contribution in [0.5, 0.6) is 0 Å². The summed E-state index contributed by atoms with van der Waals surface area (Å²) < 4.78 is 13.7. The maximum atomic E-state index is 13.7. The molecule has 1 aromatic carbocycles.